The maximum Gasteiger partial charge on any atom is 0.335 e. The van der Waals surface area contributed by atoms with Gasteiger partial charge in [-0.05, 0) is 12.1 Å². The van der Waals surface area contributed by atoms with Gasteiger partial charge in [-0.25, -0.2) is 24.1 Å². The Bertz CT molecular complexity index is 2680. The second-order valence-electron chi connectivity index (χ2n) is 17.7. The Labute approximate surface area is 440 Å². The summed E-state index contributed by atoms with van der Waals surface area (Å²) >= 11 is 0. The molecule has 27 heteroatoms. The van der Waals surface area contributed by atoms with E-state index >= 15 is 0 Å². The predicted molar refractivity (Wildman–Crippen MR) is 266 cm³/mol. The number of imide groups is 1. The number of H-pyrrole nitrogens is 1. The van der Waals surface area contributed by atoms with Gasteiger partial charge in [0.25, 0.3) is 29.4 Å². The minimum atomic E-state index is -0.719. The highest BCUT2D eigenvalue weighted by Crippen LogP contribution is 2.32. The summed E-state index contributed by atoms with van der Waals surface area (Å²) in [5.41, 5.74) is 1.21. The fraction of sp³-hybridized carbons (Fsp3) is 0.531. The average Bonchev–Trinajstić information content (AvgIpc) is 4.26. The van der Waals surface area contributed by atoms with Crippen LogP contribution < -0.4 is 4.74 Å². The summed E-state index contributed by atoms with van der Waals surface area (Å²) in [7, 11) is 1.46. The highest BCUT2D eigenvalue weighted by Gasteiger charge is 2.34. The summed E-state index contributed by atoms with van der Waals surface area (Å²) in [4.78, 5) is 95.0. The lowest BCUT2D eigenvalue weighted by molar-refractivity contribution is -0.198. The average molecular weight is 1060 g/mol. The van der Waals surface area contributed by atoms with Crippen LogP contribution in [0.3, 0.4) is 0 Å². The maximum absolute atomic E-state index is 13.7. The molecular formula is C49H63BN11O15. The molecule has 6 heterocycles. The van der Waals surface area contributed by atoms with Crippen LogP contribution in [0.5, 0.6) is 5.75 Å². The monoisotopic (exact) mass is 1060 g/mol. The molecule has 0 saturated carbocycles. The molecule has 407 valence electrons. The van der Waals surface area contributed by atoms with E-state index in [1.54, 1.807) is 40.0 Å². The van der Waals surface area contributed by atoms with Gasteiger partial charge in [-0.15, -0.1) is 15.3 Å². The number of amides is 4. The van der Waals surface area contributed by atoms with Crippen LogP contribution in [-0.4, -0.2) is 218 Å². The summed E-state index contributed by atoms with van der Waals surface area (Å²) < 4.78 is 48.0. The summed E-state index contributed by atoms with van der Waals surface area (Å²) in [6, 6.07) is 8.95. The number of nitrogens with one attached hydrogen (secondary N) is 1. The molecule has 0 aliphatic carbocycles. The zero-order valence-electron chi connectivity index (χ0n) is 42.9. The van der Waals surface area contributed by atoms with Crippen LogP contribution in [-0.2, 0) is 75.7 Å². The van der Waals surface area contributed by atoms with E-state index in [0.29, 0.717) is 137 Å². The Hall–Kier alpha value is -7.01. The smallest absolute Gasteiger partial charge is 0.335 e. The molecule has 1 aromatic carbocycles. The first kappa shape index (κ1) is 58.3. The lowest BCUT2D eigenvalue weighted by Gasteiger charge is -2.34. The number of nitrogens with zero attached hydrogens (tertiary/aromatic N) is 10. The van der Waals surface area contributed by atoms with Gasteiger partial charge >= 0.3 is 5.97 Å². The maximum atomic E-state index is 13.7. The van der Waals surface area contributed by atoms with E-state index in [1.165, 1.54) is 35.4 Å². The third kappa shape index (κ3) is 16.3. The highest BCUT2D eigenvalue weighted by atomic mass is 16.7. The Kier molecular flexibility index (Phi) is 22.5. The van der Waals surface area contributed by atoms with E-state index in [2.05, 4.69) is 25.3 Å². The highest BCUT2D eigenvalue weighted by molar-refractivity contribution is 6.45. The van der Waals surface area contributed by atoms with Gasteiger partial charge in [0.05, 0.1) is 141 Å². The van der Waals surface area contributed by atoms with Crippen molar-refractivity contribution in [3.8, 4) is 11.6 Å². The van der Waals surface area contributed by atoms with E-state index in [0.717, 1.165) is 0 Å². The molecule has 5 aromatic rings. The van der Waals surface area contributed by atoms with E-state index in [4.69, 9.17) is 47.8 Å². The molecular weight excluding hydrogens is 993 g/mol. The minimum absolute atomic E-state index is 0. The Morgan fingerprint density at radius 1 is 0.737 bits per heavy atom. The molecule has 2 fully saturated rings. The van der Waals surface area contributed by atoms with E-state index in [-0.39, 0.29) is 72.1 Å². The van der Waals surface area contributed by atoms with Crippen molar-refractivity contribution in [3.05, 3.63) is 77.9 Å². The molecule has 4 amide bonds. The van der Waals surface area contributed by atoms with Gasteiger partial charge in [-0.2, -0.15) is 0 Å². The molecule has 2 aliphatic rings. The van der Waals surface area contributed by atoms with Crippen LogP contribution in [0.4, 0.5) is 0 Å². The number of pyridine rings is 1. The summed E-state index contributed by atoms with van der Waals surface area (Å²) in [5, 5.41) is 13.8. The minimum Gasteiger partial charge on any atom is -0.494 e. The van der Waals surface area contributed by atoms with E-state index in [1.807, 2.05) is 19.9 Å². The van der Waals surface area contributed by atoms with Gasteiger partial charge < -0.3 is 57.5 Å². The fourth-order valence-electron chi connectivity index (χ4n) is 7.72. The predicted octanol–water partition coefficient (Wildman–Crippen LogP) is 1.12. The third-order valence-corrected chi connectivity index (χ3v) is 11.8. The van der Waals surface area contributed by atoms with Crippen LogP contribution >= 0.6 is 0 Å². The Morgan fingerprint density at radius 3 is 2.00 bits per heavy atom. The van der Waals surface area contributed by atoms with Gasteiger partial charge in [0.2, 0.25) is 0 Å². The van der Waals surface area contributed by atoms with Crippen molar-refractivity contribution < 1.29 is 71.5 Å². The fourth-order valence-corrected chi connectivity index (χ4v) is 7.72. The number of rotatable bonds is 32. The largest absolute Gasteiger partial charge is 0.494 e. The number of carbonyl (C=O) groups is 6. The number of Topliss-reactive ketones (excluding diaryl/α,β-unsaturated/α-hetero) is 1. The molecule has 2 aliphatic heterocycles. The lowest BCUT2D eigenvalue weighted by atomic mass is 9.94. The molecule has 76 heavy (non-hydrogen) atoms. The number of methoxy groups -OCH3 is 1. The van der Waals surface area contributed by atoms with Crippen molar-refractivity contribution in [2.45, 2.75) is 51.7 Å². The number of hydrogen-bond donors (Lipinski definition) is 1. The van der Waals surface area contributed by atoms with Gasteiger partial charge in [0.1, 0.15) is 17.8 Å². The third-order valence-electron chi connectivity index (χ3n) is 11.8. The van der Waals surface area contributed by atoms with Crippen molar-refractivity contribution >= 4 is 54.7 Å². The SMILES string of the molecule is COc1cnc(-n2cnc(C(C)(C)COCCOCCOCCOCCn3cc(COCCOCCOCCC(=O)ON4C(=O)CCC4=O)nn3)n2)c2[nH]cc(C(=O)C(=O)N3CCN(C(=O)c4ccccc4)CC3)c12.[B]. The molecule has 7 rings (SSSR count). The zero-order chi connectivity index (χ0) is 53.0. The van der Waals surface area contributed by atoms with Gasteiger partial charge in [0, 0.05) is 64.6 Å². The van der Waals surface area contributed by atoms with Gasteiger partial charge in [-0.3, -0.25) is 24.0 Å². The first-order valence-electron chi connectivity index (χ1n) is 24.6. The van der Waals surface area contributed by atoms with Crippen LogP contribution in [0.25, 0.3) is 16.7 Å². The molecule has 26 nitrogen and oxygen atoms in total. The number of piperazine rings is 1. The Morgan fingerprint density at radius 2 is 1.34 bits per heavy atom. The number of benzene rings is 1. The van der Waals surface area contributed by atoms with Crippen molar-refractivity contribution in [3.63, 3.8) is 0 Å². The summed E-state index contributed by atoms with van der Waals surface area (Å²) in [6.45, 7) is 10.0. The standard InChI is InChI=1S/C49H63N11O15.B/c1-49(2,48-52-34-59(54-48)45-43-42(38(67-3)30-51-45)37(29-50-43)44(64)47(66)57-14-12-56(13-15-57)46(65)35-7-5-4-6-8-35)33-74-28-26-72-24-23-70-22-20-69-18-16-58-31-36(53-55-58)32-73-27-25-71-21-19-68-17-11-41(63)75-60-39(61)9-10-40(60)62;/h4-8,29-31,34,50H,9-28,32-33H2,1-3H3;. The van der Waals surface area contributed by atoms with Crippen LogP contribution in [0, 0.1) is 0 Å². The van der Waals surface area contributed by atoms with E-state index < -0.39 is 34.9 Å². The number of aromatic nitrogens is 8. The first-order valence-corrected chi connectivity index (χ1v) is 24.6. The van der Waals surface area contributed by atoms with Crippen LogP contribution in [0.15, 0.2) is 55.2 Å². The van der Waals surface area contributed by atoms with Gasteiger partial charge in [-0.1, -0.05) is 37.3 Å². The quantitative estimate of drug-likeness (QED) is 0.0208. The van der Waals surface area contributed by atoms with Crippen molar-refractivity contribution in [1.82, 2.24) is 54.6 Å². The molecule has 2 saturated heterocycles. The lowest BCUT2D eigenvalue weighted by Crippen LogP contribution is -2.52. The molecule has 0 spiro atoms. The first-order chi connectivity index (χ1) is 36.4. The van der Waals surface area contributed by atoms with Crippen molar-refractivity contribution in [1.29, 1.82) is 0 Å². The number of hydrogen-bond acceptors (Lipinski definition) is 20. The van der Waals surface area contributed by atoms with Crippen LogP contribution in [0.1, 0.15) is 65.3 Å². The number of fused-ring (bicyclic) bond motifs is 1. The molecule has 4 aromatic heterocycles. The van der Waals surface area contributed by atoms with Gasteiger partial charge in [0.15, 0.2) is 11.6 Å². The second kappa shape index (κ2) is 29.3. The number of ketones is 1. The molecule has 0 atom stereocenters. The topological polar surface area (TPSA) is 285 Å². The van der Waals surface area contributed by atoms with Crippen molar-refractivity contribution in [2.75, 3.05) is 119 Å². The Balaban J connectivity index is 0.00000937. The normalized spacial score (nSPS) is 13.9. The molecule has 3 radical (unpaired) electrons. The number of ether oxygens (including phenoxy) is 8. The van der Waals surface area contributed by atoms with E-state index in [9.17, 15) is 28.8 Å². The van der Waals surface area contributed by atoms with Crippen LogP contribution in [0.2, 0.25) is 0 Å². The summed E-state index contributed by atoms with van der Waals surface area (Å²) in [5.74, 6) is -2.12. The summed E-state index contributed by atoms with van der Waals surface area (Å²) in [6.07, 6.45) is 6.23. The number of carbonyl (C=O) groups excluding carboxylic acids is 6. The molecule has 1 N–H and O–H groups in total. The molecule has 0 unspecified atom stereocenters. The zero-order valence-corrected chi connectivity index (χ0v) is 42.9. The second-order valence-corrected chi connectivity index (χ2v) is 17.7. The van der Waals surface area contributed by atoms with Crippen molar-refractivity contribution in [2.24, 2.45) is 0 Å². The number of hydroxylamine groups is 2. The number of aromatic amines is 1. The molecule has 0 bridgehead atoms.